The zero-order valence-electron chi connectivity index (χ0n) is 6.97. The molecular formula is C8H12INO2. The fraction of sp³-hybridized carbons (Fsp3) is 0.750. The van der Waals surface area contributed by atoms with E-state index in [0.29, 0.717) is 0 Å². The Hall–Kier alpha value is -0.130. The summed E-state index contributed by atoms with van der Waals surface area (Å²) < 4.78 is 2.57. The monoisotopic (exact) mass is 281 g/mol. The maximum absolute atomic E-state index is 11.3. The number of carbonyl (C=O) groups excluding carboxylic acids is 2. The molecule has 1 saturated carbocycles. The molecule has 0 heterocycles. The predicted octanol–water partition coefficient (Wildman–Crippen LogP) is 1.46. The second kappa shape index (κ2) is 4.20. The molecule has 12 heavy (non-hydrogen) atoms. The van der Waals surface area contributed by atoms with Crippen molar-refractivity contribution in [2.75, 3.05) is 0 Å². The molecule has 1 rings (SSSR count). The van der Waals surface area contributed by atoms with Gasteiger partial charge in [-0.15, -0.1) is 0 Å². The first-order chi connectivity index (χ1) is 5.66. The first-order valence-corrected chi connectivity index (χ1v) is 5.15. The van der Waals surface area contributed by atoms with Crippen LogP contribution in [0.1, 0.15) is 26.2 Å². The lowest BCUT2D eigenvalue weighted by Crippen LogP contribution is -2.29. The van der Waals surface area contributed by atoms with Crippen LogP contribution in [0.25, 0.3) is 0 Å². The predicted molar refractivity (Wildman–Crippen MR) is 53.7 cm³/mol. The number of amides is 1. The van der Waals surface area contributed by atoms with Gasteiger partial charge < -0.3 is 0 Å². The SMILES string of the molecule is CC(=O)C1CCCC1C(=O)NI. The van der Waals surface area contributed by atoms with Gasteiger partial charge in [-0.1, -0.05) is 6.42 Å². The maximum atomic E-state index is 11.3. The van der Waals surface area contributed by atoms with Crippen molar-refractivity contribution in [2.24, 2.45) is 11.8 Å². The Morgan fingerprint density at radius 2 is 1.92 bits per heavy atom. The summed E-state index contributed by atoms with van der Waals surface area (Å²) in [7, 11) is 0. The molecule has 1 fully saturated rings. The smallest absolute Gasteiger partial charge is 0.232 e. The van der Waals surface area contributed by atoms with Crippen LogP contribution in [0.4, 0.5) is 0 Å². The summed E-state index contributed by atoms with van der Waals surface area (Å²) in [6, 6.07) is 0. The quantitative estimate of drug-likeness (QED) is 0.615. The van der Waals surface area contributed by atoms with E-state index in [0.717, 1.165) is 19.3 Å². The molecule has 0 radical (unpaired) electrons. The molecule has 1 amide bonds. The lowest BCUT2D eigenvalue weighted by atomic mass is 9.92. The number of hydrogen-bond donors (Lipinski definition) is 1. The molecule has 2 unspecified atom stereocenters. The topological polar surface area (TPSA) is 46.2 Å². The minimum Gasteiger partial charge on any atom is -0.300 e. The van der Waals surface area contributed by atoms with E-state index >= 15 is 0 Å². The third kappa shape index (κ3) is 1.97. The van der Waals surface area contributed by atoms with Crippen LogP contribution in [-0.4, -0.2) is 11.7 Å². The molecule has 0 aliphatic heterocycles. The number of carbonyl (C=O) groups is 2. The Balaban J connectivity index is 2.63. The van der Waals surface area contributed by atoms with Gasteiger partial charge in [-0.25, -0.2) is 0 Å². The highest BCUT2D eigenvalue weighted by Gasteiger charge is 2.35. The molecule has 0 aromatic rings. The van der Waals surface area contributed by atoms with Crippen LogP contribution in [0.3, 0.4) is 0 Å². The molecule has 2 atom stereocenters. The van der Waals surface area contributed by atoms with E-state index in [-0.39, 0.29) is 23.5 Å². The van der Waals surface area contributed by atoms with Crippen molar-refractivity contribution in [3.63, 3.8) is 0 Å². The van der Waals surface area contributed by atoms with Crippen molar-refractivity contribution >= 4 is 34.6 Å². The second-order valence-corrected chi connectivity index (χ2v) is 3.75. The van der Waals surface area contributed by atoms with Crippen molar-refractivity contribution in [3.8, 4) is 0 Å². The molecule has 68 valence electrons. The molecule has 1 aliphatic rings. The van der Waals surface area contributed by atoms with Crippen LogP contribution in [0.2, 0.25) is 0 Å². The second-order valence-electron chi connectivity index (χ2n) is 3.21. The summed E-state index contributed by atoms with van der Waals surface area (Å²) in [5, 5.41) is 0. The van der Waals surface area contributed by atoms with Gasteiger partial charge in [0, 0.05) is 11.8 Å². The van der Waals surface area contributed by atoms with Crippen molar-refractivity contribution in [2.45, 2.75) is 26.2 Å². The fourth-order valence-electron chi connectivity index (χ4n) is 1.83. The van der Waals surface area contributed by atoms with Crippen LogP contribution in [0.15, 0.2) is 0 Å². The summed E-state index contributed by atoms with van der Waals surface area (Å²) in [6.45, 7) is 1.57. The summed E-state index contributed by atoms with van der Waals surface area (Å²) in [5.41, 5.74) is 0. The molecule has 0 aromatic heterocycles. The van der Waals surface area contributed by atoms with E-state index in [2.05, 4.69) is 3.53 Å². The molecule has 1 aliphatic carbocycles. The van der Waals surface area contributed by atoms with Crippen LogP contribution >= 0.6 is 22.9 Å². The number of rotatable bonds is 2. The number of halogens is 1. The van der Waals surface area contributed by atoms with Gasteiger partial charge >= 0.3 is 0 Å². The molecule has 0 bridgehead atoms. The fourth-order valence-corrected chi connectivity index (χ4v) is 2.23. The largest absolute Gasteiger partial charge is 0.300 e. The Kier molecular flexibility index (Phi) is 3.49. The normalized spacial score (nSPS) is 28.5. The van der Waals surface area contributed by atoms with Gasteiger partial charge in [0.1, 0.15) is 5.78 Å². The van der Waals surface area contributed by atoms with Crippen LogP contribution in [0, 0.1) is 11.8 Å². The van der Waals surface area contributed by atoms with Gasteiger partial charge in [-0.3, -0.25) is 13.1 Å². The number of nitrogens with one attached hydrogen (secondary N) is 1. The van der Waals surface area contributed by atoms with E-state index < -0.39 is 0 Å². The van der Waals surface area contributed by atoms with Crippen molar-refractivity contribution in [3.05, 3.63) is 0 Å². The standard InChI is InChI=1S/C8H12INO2/c1-5(11)6-3-2-4-7(6)8(12)10-9/h6-7H,2-4H2,1H3,(H,10,12). The number of hydrogen-bond acceptors (Lipinski definition) is 2. The van der Waals surface area contributed by atoms with Crippen LogP contribution < -0.4 is 3.53 Å². The molecule has 0 aromatic carbocycles. The zero-order chi connectivity index (χ0) is 9.14. The first-order valence-electron chi connectivity index (χ1n) is 4.07. The Morgan fingerprint density at radius 1 is 1.33 bits per heavy atom. The van der Waals surface area contributed by atoms with Crippen molar-refractivity contribution in [1.29, 1.82) is 0 Å². The molecule has 0 saturated heterocycles. The third-order valence-corrected chi connectivity index (χ3v) is 3.00. The molecular weight excluding hydrogens is 269 g/mol. The molecule has 3 nitrogen and oxygen atoms in total. The van der Waals surface area contributed by atoms with Gasteiger partial charge in [-0.05, 0) is 19.8 Å². The van der Waals surface area contributed by atoms with E-state index in [1.165, 1.54) is 0 Å². The Labute approximate surface area is 85.8 Å². The minimum atomic E-state index is -0.0700. The number of Topliss-reactive ketones (excluding diaryl/α,β-unsaturated/α-hetero) is 1. The highest BCUT2D eigenvalue weighted by Crippen LogP contribution is 2.32. The summed E-state index contributed by atoms with van der Waals surface area (Å²) >= 11 is 1.83. The van der Waals surface area contributed by atoms with Crippen LogP contribution in [-0.2, 0) is 9.59 Å². The van der Waals surface area contributed by atoms with Gasteiger partial charge in [0.05, 0.1) is 22.9 Å². The minimum absolute atomic E-state index is 0.00769. The van der Waals surface area contributed by atoms with Gasteiger partial charge in [-0.2, -0.15) is 0 Å². The molecule has 0 spiro atoms. The highest BCUT2D eigenvalue weighted by molar-refractivity contribution is 14.1. The van der Waals surface area contributed by atoms with E-state index in [9.17, 15) is 9.59 Å². The Bertz CT molecular complexity index is 205. The molecule has 1 N–H and O–H groups in total. The maximum Gasteiger partial charge on any atom is 0.232 e. The van der Waals surface area contributed by atoms with Gasteiger partial charge in [0.2, 0.25) is 5.91 Å². The van der Waals surface area contributed by atoms with Crippen molar-refractivity contribution in [1.82, 2.24) is 3.53 Å². The van der Waals surface area contributed by atoms with Gasteiger partial charge in [0.15, 0.2) is 0 Å². The summed E-state index contributed by atoms with van der Waals surface area (Å²) in [5.74, 6) is 0.0602. The van der Waals surface area contributed by atoms with Crippen LogP contribution in [0.5, 0.6) is 0 Å². The summed E-state index contributed by atoms with van der Waals surface area (Å²) in [6.07, 6.45) is 2.74. The van der Waals surface area contributed by atoms with E-state index in [1.807, 2.05) is 22.9 Å². The number of ketones is 1. The third-order valence-electron chi connectivity index (χ3n) is 2.47. The van der Waals surface area contributed by atoms with E-state index in [1.54, 1.807) is 6.92 Å². The summed E-state index contributed by atoms with van der Waals surface area (Å²) in [4.78, 5) is 22.4. The highest BCUT2D eigenvalue weighted by atomic mass is 127. The average Bonchev–Trinajstić information content (AvgIpc) is 2.50. The average molecular weight is 281 g/mol. The Morgan fingerprint density at radius 3 is 2.42 bits per heavy atom. The zero-order valence-corrected chi connectivity index (χ0v) is 9.13. The van der Waals surface area contributed by atoms with E-state index in [4.69, 9.17) is 0 Å². The lowest BCUT2D eigenvalue weighted by molar-refractivity contribution is -0.130. The lowest BCUT2D eigenvalue weighted by Gasteiger charge is -2.13. The van der Waals surface area contributed by atoms with Gasteiger partial charge in [0.25, 0.3) is 0 Å². The van der Waals surface area contributed by atoms with Crippen molar-refractivity contribution < 1.29 is 9.59 Å². The first kappa shape index (κ1) is 9.95. The molecule has 4 heteroatoms.